The fourth-order valence-electron chi connectivity index (χ4n) is 2.65. The number of phenols is 2. The van der Waals surface area contributed by atoms with Gasteiger partial charge < -0.3 is 29.7 Å². The second-order valence-corrected chi connectivity index (χ2v) is 7.72. The van der Waals surface area contributed by atoms with Crippen molar-refractivity contribution >= 4 is 12.1 Å². The summed E-state index contributed by atoms with van der Waals surface area (Å²) in [7, 11) is 1.25. The van der Waals surface area contributed by atoms with Gasteiger partial charge in [-0.1, -0.05) is 12.1 Å². The number of hydrogen-bond acceptors (Lipinski definition) is 7. The molecule has 0 heterocycles. The summed E-state index contributed by atoms with van der Waals surface area (Å²) in [6.07, 6.45) is -0.487. The van der Waals surface area contributed by atoms with Crippen LogP contribution in [-0.4, -0.2) is 41.0 Å². The van der Waals surface area contributed by atoms with Crippen molar-refractivity contribution in [3.8, 4) is 17.2 Å². The summed E-state index contributed by atoms with van der Waals surface area (Å²) in [4.78, 5) is 24.0. The lowest BCUT2D eigenvalue weighted by molar-refractivity contribution is -0.143. The Morgan fingerprint density at radius 3 is 2.13 bits per heavy atom. The van der Waals surface area contributed by atoms with Crippen molar-refractivity contribution in [3.63, 3.8) is 0 Å². The van der Waals surface area contributed by atoms with E-state index in [0.29, 0.717) is 11.3 Å². The molecule has 2 aromatic rings. The van der Waals surface area contributed by atoms with Gasteiger partial charge in [-0.25, -0.2) is 9.59 Å². The van der Waals surface area contributed by atoms with Crippen LogP contribution >= 0.6 is 0 Å². The number of ether oxygens (including phenoxy) is 3. The normalized spacial score (nSPS) is 12.0. The number of carbonyl (C=O) groups excluding carboxylic acids is 2. The molecule has 2 rings (SSSR count). The summed E-state index contributed by atoms with van der Waals surface area (Å²) < 4.78 is 15.6. The smallest absolute Gasteiger partial charge is 0.408 e. The van der Waals surface area contributed by atoms with Crippen LogP contribution in [0, 0.1) is 0 Å². The molecule has 0 radical (unpaired) electrons. The van der Waals surface area contributed by atoms with E-state index in [0.717, 1.165) is 5.56 Å². The number of methoxy groups -OCH3 is 1. The molecule has 0 aliphatic carbocycles. The minimum Gasteiger partial charge on any atom is -0.508 e. The van der Waals surface area contributed by atoms with Crippen LogP contribution in [0.3, 0.4) is 0 Å². The molecule has 0 aliphatic heterocycles. The van der Waals surface area contributed by atoms with Crippen molar-refractivity contribution in [2.45, 2.75) is 45.4 Å². The van der Waals surface area contributed by atoms with E-state index in [1.54, 1.807) is 45.0 Å². The minimum atomic E-state index is -0.896. The molecule has 1 unspecified atom stereocenters. The van der Waals surface area contributed by atoms with Crippen molar-refractivity contribution < 1.29 is 34.0 Å². The van der Waals surface area contributed by atoms with Crippen molar-refractivity contribution in [2.75, 3.05) is 7.11 Å². The number of nitrogens with one attached hydrogen (secondary N) is 1. The molecule has 162 valence electrons. The van der Waals surface area contributed by atoms with Crippen molar-refractivity contribution in [3.05, 3.63) is 53.6 Å². The predicted molar refractivity (Wildman–Crippen MR) is 109 cm³/mol. The Bertz CT molecular complexity index is 852. The second kappa shape index (κ2) is 9.87. The molecule has 0 saturated heterocycles. The van der Waals surface area contributed by atoms with Crippen LogP contribution < -0.4 is 10.1 Å². The first kappa shape index (κ1) is 22.9. The van der Waals surface area contributed by atoms with E-state index < -0.39 is 23.7 Å². The summed E-state index contributed by atoms with van der Waals surface area (Å²) in [5, 5.41) is 21.5. The second-order valence-electron chi connectivity index (χ2n) is 7.72. The third-order valence-electron chi connectivity index (χ3n) is 3.91. The number of hydrogen-bond donors (Lipinski definition) is 3. The highest BCUT2D eigenvalue weighted by atomic mass is 16.6. The van der Waals surface area contributed by atoms with E-state index in [9.17, 15) is 19.8 Å². The largest absolute Gasteiger partial charge is 0.508 e. The molecule has 0 saturated carbocycles. The van der Waals surface area contributed by atoms with E-state index in [2.05, 4.69) is 5.32 Å². The molecule has 0 aliphatic rings. The van der Waals surface area contributed by atoms with Crippen molar-refractivity contribution in [2.24, 2.45) is 0 Å². The molecule has 1 atom stereocenters. The highest BCUT2D eigenvalue weighted by molar-refractivity contribution is 5.81. The zero-order valence-electron chi connectivity index (χ0n) is 17.5. The van der Waals surface area contributed by atoms with Gasteiger partial charge in [-0.2, -0.15) is 0 Å². The molecule has 3 N–H and O–H groups in total. The third kappa shape index (κ3) is 7.54. The molecule has 8 nitrogen and oxygen atoms in total. The van der Waals surface area contributed by atoms with Gasteiger partial charge in [0, 0.05) is 12.5 Å². The van der Waals surface area contributed by atoms with Gasteiger partial charge in [0.25, 0.3) is 0 Å². The van der Waals surface area contributed by atoms with E-state index in [1.807, 2.05) is 0 Å². The van der Waals surface area contributed by atoms with E-state index in [1.165, 1.54) is 25.3 Å². The molecule has 1 amide bonds. The highest BCUT2D eigenvalue weighted by Crippen LogP contribution is 2.22. The van der Waals surface area contributed by atoms with E-state index in [4.69, 9.17) is 14.2 Å². The molecule has 2 aromatic carbocycles. The lowest BCUT2D eigenvalue weighted by atomic mass is 10.1. The Morgan fingerprint density at radius 2 is 1.60 bits per heavy atom. The van der Waals surface area contributed by atoms with Crippen LogP contribution in [0.25, 0.3) is 0 Å². The Kier molecular flexibility index (Phi) is 7.52. The Labute approximate surface area is 175 Å². The van der Waals surface area contributed by atoms with E-state index >= 15 is 0 Å². The van der Waals surface area contributed by atoms with Gasteiger partial charge in [-0.15, -0.1) is 0 Å². The predicted octanol–water partition coefficient (Wildman–Crippen LogP) is 3.29. The Balaban J connectivity index is 1.98. The average molecular weight is 417 g/mol. The quantitative estimate of drug-likeness (QED) is 0.592. The van der Waals surface area contributed by atoms with Crippen LogP contribution in [0.2, 0.25) is 0 Å². The molecular weight excluding hydrogens is 390 g/mol. The van der Waals surface area contributed by atoms with Gasteiger partial charge in [0.05, 0.1) is 7.11 Å². The summed E-state index contributed by atoms with van der Waals surface area (Å²) in [6.45, 7) is 5.36. The maximum absolute atomic E-state index is 12.0. The molecule has 0 aromatic heterocycles. The van der Waals surface area contributed by atoms with Crippen LogP contribution in [0.1, 0.15) is 31.9 Å². The van der Waals surface area contributed by atoms with Gasteiger partial charge in [0.15, 0.2) is 0 Å². The van der Waals surface area contributed by atoms with Crippen LogP contribution in [0.15, 0.2) is 42.5 Å². The highest BCUT2D eigenvalue weighted by Gasteiger charge is 2.25. The number of carbonyl (C=O) groups is 2. The number of phenolic OH excluding ortho intramolecular Hbond substituents is 2. The lowest BCUT2D eigenvalue weighted by Gasteiger charge is -2.22. The maximum Gasteiger partial charge on any atom is 0.408 e. The van der Waals surface area contributed by atoms with E-state index in [-0.39, 0.29) is 24.5 Å². The Hall–Kier alpha value is -3.42. The number of alkyl carbamates (subject to hydrolysis) is 1. The fraction of sp³-hybridized carbons (Fsp3) is 0.364. The maximum atomic E-state index is 12.0. The number of aromatic hydroxyl groups is 2. The number of benzene rings is 2. The minimum absolute atomic E-state index is 0.0460. The summed E-state index contributed by atoms with van der Waals surface area (Å²) in [5.41, 5.74) is 0.712. The van der Waals surface area contributed by atoms with Crippen LogP contribution in [0.4, 0.5) is 4.79 Å². The topological polar surface area (TPSA) is 114 Å². The zero-order chi connectivity index (χ0) is 22.3. The average Bonchev–Trinajstić information content (AvgIpc) is 2.64. The first-order valence-corrected chi connectivity index (χ1v) is 9.37. The van der Waals surface area contributed by atoms with Crippen LogP contribution in [-0.2, 0) is 27.3 Å². The Morgan fingerprint density at radius 1 is 1.00 bits per heavy atom. The fourth-order valence-corrected chi connectivity index (χ4v) is 2.65. The SMILES string of the molecule is COC(=O)C(Cc1ccc(OCc2cc(O)cc(O)c2)cc1)NC(=O)OC(C)(C)C. The zero-order valence-corrected chi connectivity index (χ0v) is 17.5. The molecule has 0 spiro atoms. The van der Waals surface area contributed by atoms with Crippen molar-refractivity contribution in [1.82, 2.24) is 5.32 Å². The van der Waals surface area contributed by atoms with Gasteiger partial charge in [-0.05, 0) is 56.2 Å². The van der Waals surface area contributed by atoms with Crippen LogP contribution in [0.5, 0.6) is 17.2 Å². The van der Waals surface area contributed by atoms with Gasteiger partial charge in [0.2, 0.25) is 0 Å². The number of rotatable bonds is 7. The summed E-state index contributed by atoms with van der Waals surface area (Å²) in [6, 6.07) is 10.3. The number of esters is 1. The standard InChI is InChI=1S/C22H27NO7/c1-22(2,3)30-21(27)23-19(20(26)28-4)11-14-5-7-18(8-6-14)29-13-15-9-16(24)12-17(25)10-15/h5-10,12,19,24-25H,11,13H2,1-4H3,(H,23,27). The third-order valence-corrected chi connectivity index (χ3v) is 3.91. The molecule has 0 fully saturated rings. The van der Waals surface area contributed by atoms with Gasteiger partial charge in [0.1, 0.15) is 35.5 Å². The molecule has 30 heavy (non-hydrogen) atoms. The molecule has 8 heteroatoms. The first-order chi connectivity index (χ1) is 14.1. The summed E-state index contributed by atoms with van der Waals surface area (Å²) >= 11 is 0. The van der Waals surface area contributed by atoms with Gasteiger partial charge in [-0.3, -0.25) is 0 Å². The lowest BCUT2D eigenvalue weighted by Crippen LogP contribution is -2.45. The number of amides is 1. The van der Waals surface area contributed by atoms with Gasteiger partial charge >= 0.3 is 12.1 Å². The summed E-state index contributed by atoms with van der Waals surface area (Å²) in [5.74, 6) is -0.105. The van der Waals surface area contributed by atoms with Crippen molar-refractivity contribution in [1.29, 1.82) is 0 Å². The first-order valence-electron chi connectivity index (χ1n) is 9.37. The monoisotopic (exact) mass is 417 g/mol. The molecule has 0 bridgehead atoms. The molecular formula is C22H27NO7.